The normalized spacial score (nSPS) is 11.4. The average Bonchev–Trinajstić information content (AvgIpc) is 2.49. The molecule has 1 heterocycles. The van der Waals surface area contributed by atoms with Crippen molar-refractivity contribution in [1.29, 1.82) is 5.26 Å². The summed E-state index contributed by atoms with van der Waals surface area (Å²) >= 11 is 0. The van der Waals surface area contributed by atoms with Crippen LogP contribution in [0.2, 0.25) is 0 Å². The van der Waals surface area contributed by atoms with Gasteiger partial charge in [0.25, 0.3) is 0 Å². The number of nitriles is 1. The van der Waals surface area contributed by atoms with E-state index < -0.39 is 0 Å². The number of rotatable bonds is 5. The summed E-state index contributed by atoms with van der Waals surface area (Å²) in [7, 11) is 0. The van der Waals surface area contributed by atoms with Gasteiger partial charge in [-0.2, -0.15) is 5.26 Å². The van der Waals surface area contributed by atoms with Gasteiger partial charge in [0.15, 0.2) is 11.6 Å². The molecule has 0 saturated heterocycles. The minimum absolute atomic E-state index is 0.0804. The Labute approximate surface area is 119 Å². The molecule has 20 heavy (non-hydrogen) atoms. The molecule has 0 amide bonds. The van der Waals surface area contributed by atoms with Crippen LogP contribution in [-0.4, -0.2) is 11.6 Å². The second kappa shape index (κ2) is 6.58. The van der Waals surface area contributed by atoms with Gasteiger partial charge in [-0.25, -0.2) is 4.98 Å². The van der Waals surface area contributed by atoms with E-state index in [1.165, 1.54) is 0 Å². The van der Waals surface area contributed by atoms with Crippen LogP contribution in [0.15, 0.2) is 42.6 Å². The van der Waals surface area contributed by atoms with Gasteiger partial charge in [0.1, 0.15) is 0 Å². The van der Waals surface area contributed by atoms with Crippen LogP contribution in [0.5, 0.6) is 5.75 Å². The van der Waals surface area contributed by atoms with Crippen LogP contribution < -0.4 is 10.1 Å². The highest BCUT2D eigenvalue weighted by Crippen LogP contribution is 2.25. The second-order valence-corrected chi connectivity index (χ2v) is 4.38. The van der Waals surface area contributed by atoms with Crippen LogP contribution in [0.4, 0.5) is 5.82 Å². The second-order valence-electron chi connectivity index (χ2n) is 4.38. The van der Waals surface area contributed by atoms with E-state index in [0.29, 0.717) is 12.2 Å². The number of nitrogens with zero attached hydrogens (tertiary/aromatic N) is 2. The molecule has 0 saturated carbocycles. The third-order valence-corrected chi connectivity index (χ3v) is 2.96. The molecule has 0 fully saturated rings. The van der Waals surface area contributed by atoms with E-state index in [1.807, 2.05) is 50.2 Å². The molecule has 0 bridgehead atoms. The van der Waals surface area contributed by atoms with Crippen molar-refractivity contribution in [2.75, 3.05) is 11.9 Å². The maximum absolute atomic E-state index is 8.81. The van der Waals surface area contributed by atoms with E-state index in [9.17, 15) is 0 Å². The minimum atomic E-state index is 0.0804. The van der Waals surface area contributed by atoms with Crippen molar-refractivity contribution in [2.24, 2.45) is 0 Å². The molecule has 0 radical (unpaired) electrons. The predicted molar refractivity (Wildman–Crippen MR) is 78.6 cm³/mol. The molecular weight excluding hydrogens is 250 g/mol. The summed E-state index contributed by atoms with van der Waals surface area (Å²) in [4.78, 5) is 4.31. The number of benzene rings is 1. The largest absolute Gasteiger partial charge is 0.490 e. The van der Waals surface area contributed by atoms with Crippen LogP contribution in [0.25, 0.3) is 0 Å². The molecule has 1 aromatic heterocycles. The molecule has 1 atom stereocenters. The lowest BCUT2D eigenvalue weighted by Gasteiger charge is -2.17. The molecule has 0 aliphatic rings. The molecule has 1 N–H and O–H groups in total. The molecule has 0 aliphatic carbocycles. The summed E-state index contributed by atoms with van der Waals surface area (Å²) in [5, 5.41) is 12.1. The van der Waals surface area contributed by atoms with Gasteiger partial charge in [-0.05, 0) is 43.7 Å². The Morgan fingerprint density at radius 2 is 2.05 bits per heavy atom. The fourth-order valence-electron chi connectivity index (χ4n) is 1.91. The number of aromatic nitrogens is 1. The molecule has 1 aromatic carbocycles. The van der Waals surface area contributed by atoms with E-state index in [0.717, 1.165) is 17.1 Å². The van der Waals surface area contributed by atoms with Crippen molar-refractivity contribution in [3.05, 3.63) is 53.7 Å². The smallest absolute Gasteiger partial charge is 0.169 e. The van der Waals surface area contributed by atoms with Gasteiger partial charge in [0.05, 0.1) is 24.3 Å². The first-order valence-electron chi connectivity index (χ1n) is 6.59. The highest BCUT2D eigenvalue weighted by atomic mass is 16.5. The molecule has 0 spiro atoms. The van der Waals surface area contributed by atoms with Crippen molar-refractivity contribution in [3.8, 4) is 11.8 Å². The maximum atomic E-state index is 8.81. The molecule has 2 aromatic rings. The lowest BCUT2D eigenvalue weighted by molar-refractivity contribution is 0.340. The van der Waals surface area contributed by atoms with Crippen LogP contribution in [0.1, 0.15) is 31.0 Å². The number of ether oxygens (including phenoxy) is 1. The summed E-state index contributed by atoms with van der Waals surface area (Å²) in [5.41, 5.74) is 1.76. The first kappa shape index (κ1) is 13.9. The van der Waals surface area contributed by atoms with Gasteiger partial charge >= 0.3 is 0 Å². The standard InChI is InChI=1S/C16H17N3O/c1-3-20-15-5-4-10-18-16(15)19-12(2)14-8-6-13(11-17)7-9-14/h4-10,12H,3H2,1-2H3,(H,18,19). The third-order valence-electron chi connectivity index (χ3n) is 2.96. The maximum Gasteiger partial charge on any atom is 0.169 e. The molecule has 102 valence electrons. The van der Waals surface area contributed by atoms with Crippen molar-refractivity contribution < 1.29 is 4.74 Å². The average molecular weight is 267 g/mol. The van der Waals surface area contributed by atoms with Gasteiger partial charge < -0.3 is 10.1 Å². The highest BCUT2D eigenvalue weighted by Gasteiger charge is 2.10. The van der Waals surface area contributed by atoms with Crippen molar-refractivity contribution >= 4 is 5.82 Å². The Balaban J connectivity index is 2.14. The Hall–Kier alpha value is -2.54. The first-order valence-corrected chi connectivity index (χ1v) is 6.59. The highest BCUT2D eigenvalue weighted by molar-refractivity contribution is 5.51. The van der Waals surface area contributed by atoms with Crippen LogP contribution >= 0.6 is 0 Å². The number of hydrogen-bond acceptors (Lipinski definition) is 4. The van der Waals surface area contributed by atoms with E-state index in [4.69, 9.17) is 10.00 Å². The topological polar surface area (TPSA) is 57.9 Å². The number of anilines is 1. The summed E-state index contributed by atoms with van der Waals surface area (Å²) in [5.74, 6) is 1.47. The SMILES string of the molecule is CCOc1cccnc1NC(C)c1ccc(C#N)cc1. The van der Waals surface area contributed by atoms with Crippen molar-refractivity contribution in [3.63, 3.8) is 0 Å². The quantitative estimate of drug-likeness (QED) is 0.900. The van der Waals surface area contributed by atoms with E-state index >= 15 is 0 Å². The Bertz CT molecular complexity index is 602. The van der Waals surface area contributed by atoms with Crippen molar-refractivity contribution in [1.82, 2.24) is 4.98 Å². The Morgan fingerprint density at radius 1 is 1.30 bits per heavy atom. The van der Waals surface area contributed by atoms with E-state index in [-0.39, 0.29) is 6.04 Å². The number of hydrogen-bond donors (Lipinski definition) is 1. The lowest BCUT2D eigenvalue weighted by Crippen LogP contribution is -2.09. The summed E-state index contributed by atoms with van der Waals surface area (Å²) in [6, 6.07) is 13.5. The predicted octanol–water partition coefficient (Wildman–Crippen LogP) is 3.53. The van der Waals surface area contributed by atoms with Crippen LogP contribution in [0.3, 0.4) is 0 Å². The lowest BCUT2D eigenvalue weighted by atomic mass is 10.1. The Kier molecular flexibility index (Phi) is 4.56. The zero-order chi connectivity index (χ0) is 14.4. The van der Waals surface area contributed by atoms with Gasteiger partial charge in [-0.3, -0.25) is 0 Å². The van der Waals surface area contributed by atoms with E-state index in [2.05, 4.69) is 16.4 Å². The fraction of sp³-hybridized carbons (Fsp3) is 0.250. The van der Waals surface area contributed by atoms with Crippen LogP contribution in [-0.2, 0) is 0 Å². The van der Waals surface area contributed by atoms with Gasteiger partial charge in [0.2, 0.25) is 0 Å². The molecule has 4 nitrogen and oxygen atoms in total. The van der Waals surface area contributed by atoms with E-state index in [1.54, 1.807) is 6.20 Å². The summed E-state index contributed by atoms with van der Waals surface area (Å²) in [6.45, 7) is 4.60. The fourth-order valence-corrected chi connectivity index (χ4v) is 1.91. The minimum Gasteiger partial charge on any atom is -0.490 e. The van der Waals surface area contributed by atoms with Gasteiger partial charge in [-0.15, -0.1) is 0 Å². The van der Waals surface area contributed by atoms with Gasteiger partial charge in [0, 0.05) is 6.20 Å². The molecule has 0 aliphatic heterocycles. The molecular formula is C16H17N3O. The van der Waals surface area contributed by atoms with Gasteiger partial charge in [-0.1, -0.05) is 12.1 Å². The summed E-state index contributed by atoms with van der Waals surface area (Å²) < 4.78 is 5.54. The van der Waals surface area contributed by atoms with Crippen molar-refractivity contribution in [2.45, 2.75) is 19.9 Å². The zero-order valence-corrected chi connectivity index (χ0v) is 11.6. The number of pyridine rings is 1. The third kappa shape index (κ3) is 3.27. The zero-order valence-electron chi connectivity index (χ0n) is 11.6. The molecule has 1 unspecified atom stereocenters. The monoisotopic (exact) mass is 267 g/mol. The Morgan fingerprint density at radius 3 is 2.70 bits per heavy atom. The van der Waals surface area contributed by atoms with Crippen LogP contribution in [0, 0.1) is 11.3 Å². The molecule has 2 rings (SSSR count). The number of nitrogens with one attached hydrogen (secondary N) is 1. The molecule has 4 heteroatoms. The summed E-state index contributed by atoms with van der Waals surface area (Å²) in [6.07, 6.45) is 1.73. The first-order chi connectivity index (χ1) is 9.74.